The van der Waals surface area contributed by atoms with E-state index in [-0.39, 0.29) is 5.54 Å². The average Bonchev–Trinajstić information content (AvgIpc) is 2.24. The van der Waals surface area contributed by atoms with Crippen molar-refractivity contribution in [2.45, 2.75) is 44.7 Å². The Hall–Kier alpha value is -1.09. The first-order chi connectivity index (χ1) is 8.12. The molecule has 1 saturated carbocycles. The van der Waals surface area contributed by atoms with E-state index in [0.717, 1.165) is 18.0 Å². The Bertz CT molecular complexity index is 382. The van der Waals surface area contributed by atoms with Gasteiger partial charge < -0.3 is 10.6 Å². The predicted octanol–water partition coefficient (Wildman–Crippen LogP) is 2.94. The molecule has 0 spiro atoms. The van der Waals surface area contributed by atoms with Crippen molar-refractivity contribution in [3.05, 3.63) is 35.9 Å². The Morgan fingerprint density at radius 3 is 2.35 bits per heavy atom. The second-order valence-electron chi connectivity index (χ2n) is 5.05. The molecule has 0 radical (unpaired) electrons. The van der Waals surface area contributed by atoms with Crippen LogP contribution in [0.2, 0.25) is 0 Å². The maximum Gasteiger partial charge on any atom is 0.167 e. The van der Waals surface area contributed by atoms with Crippen LogP contribution in [-0.4, -0.2) is 11.2 Å². The molecule has 17 heavy (non-hydrogen) atoms. The first-order valence-electron chi connectivity index (χ1n) is 6.27. The molecule has 3 heteroatoms. The fourth-order valence-electron chi connectivity index (χ4n) is 2.29. The molecule has 2 nitrogen and oxygen atoms in total. The van der Waals surface area contributed by atoms with E-state index >= 15 is 0 Å². The van der Waals surface area contributed by atoms with Gasteiger partial charge in [-0.1, -0.05) is 30.3 Å². The fraction of sp³-hybridized carbons (Fsp3) is 0.500. The van der Waals surface area contributed by atoms with Gasteiger partial charge in [-0.15, -0.1) is 0 Å². The van der Waals surface area contributed by atoms with Crippen molar-refractivity contribution >= 4 is 17.3 Å². The highest BCUT2D eigenvalue weighted by Gasteiger charge is 2.39. The molecule has 2 rings (SSSR count). The number of rotatable bonds is 3. The summed E-state index contributed by atoms with van der Waals surface area (Å²) in [4.78, 5) is 0. The van der Waals surface area contributed by atoms with Crippen LogP contribution in [-0.2, 0) is 5.54 Å². The molecule has 0 saturated heterocycles. The van der Waals surface area contributed by atoms with E-state index in [2.05, 4.69) is 54.8 Å². The Morgan fingerprint density at radius 1 is 1.24 bits per heavy atom. The van der Waals surface area contributed by atoms with Crippen LogP contribution < -0.4 is 10.6 Å². The molecule has 92 valence electrons. The summed E-state index contributed by atoms with van der Waals surface area (Å²) in [5.41, 5.74) is 1.42. The van der Waals surface area contributed by atoms with Gasteiger partial charge in [0.15, 0.2) is 5.11 Å². The largest absolute Gasteiger partial charge is 0.361 e. The van der Waals surface area contributed by atoms with Gasteiger partial charge in [0.05, 0.1) is 5.54 Å². The Kier molecular flexibility index (Phi) is 3.67. The molecule has 1 aliphatic carbocycles. The topological polar surface area (TPSA) is 24.1 Å². The minimum absolute atomic E-state index is 0.0697. The minimum atomic E-state index is 0.0697. The molecule has 1 aromatic rings. The van der Waals surface area contributed by atoms with Gasteiger partial charge in [-0.25, -0.2) is 0 Å². The zero-order valence-electron chi connectivity index (χ0n) is 10.5. The van der Waals surface area contributed by atoms with Crippen molar-refractivity contribution in [1.29, 1.82) is 0 Å². The van der Waals surface area contributed by atoms with Crippen LogP contribution in [0, 0.1) is 0 Å². The summed E-state index contributed by atoms with van der Waals surface area (Å²) in [7, 11) is 0. The van der Waals surface area contributed by atoms with E-state index in [1.165, 1.54) is 12.0 Å². The second-order valence-corrected chi connectivity index (χ2v) is 5.46. The minimum Gasteiger partial charge on any atom is -0.361 e. The van der Waals surface area contributed by atoms with Crippen LogP contribution >= 0.6 is 12.2 Å². The zero-order valence-corrected chi connectivity index (χ0v) is 11.3. The lowest BCUT2D eigenvalue weighted by atomic mass is 9.72. The number of benzene rings is 1. The molecule has 0 atom stereocenters. The molecular weight excluding hydrogens is 228 g/mol. The molecule has 0 unspecified atom stereocenters. The zero-order chi connectivity index (χ0) is 12.3. The molecule has 1 aliphatic rings. The molecular formula is C14H20N2S. The quantitative estimate of drug-likeness (QED) is 0.804. The maximum atomic E-state index is 5.36. The van der Waals surface area contributed by atoms with Crippen LogP contribution in [0.5, 0.6) is 0 Å². The second kappa shape index (κ2) is 5.05. The maximum absolute atomic E-state index is 5.36. The van der Waals surface area contributed by atoms with Crippen molar-refractivity contribution in [2.24, 2.45) is 0 Å². The van der Waals surface area contributed by atoms with Crippen LogP contribution in [0.15, 0.2) is 30.3 Å². The number of nitrogens with one attached hydrogen (secondary N) is 2. The molecule has 1 aromatic carbocycles. The van der Waals surface area contributed by atoms with Gasteiger partial charge in [0, 0.05) is 6.04 Å². The number of thiocarbonyl (C=S) groups is 1. The molecule has 0 heterocycles. The van der Waals surface area contributed by atoms with Gasteiger partial charge in [-0.2, -0.15) is 0 Å². The van der Waals surface area contributed by atoms with Crippen LogP contribution in [0.25, 0.3) is 0 Å². The first kappa shape index (κ1) is 12.4. The summed E-state index contributed by atoms with van der Waals surface area (Å²) in [6.45, 7) is 4.20. The lowest BCUT2D eigenvalue weighted by molar-refractivity contribution is 0.219. The number of hydrogen-bond donors (Lipinski definition) is 2. The van der Waals surface area contributed by atoms with Crippen LogP contribution in [0.1, 0.15) is 38.7 Å². The van der Waals surface area contributed by atoms with E-state index in [1.54, 1.807) is 0 Å². The van der Waals surface area contributed by atoms with E-state index in [4.69, 9.17) is 12.2 Å². The standard InChI is InChI=1S/C14H20N2S/c1-11(2)15-13(17)16-14(9-6-10-14)12-7-4-3-5-8-12/h3-5,7-8,11H,6,9-10H2,1-2H3,(H2,15,16,17). The van der Waals surface area contributed by atoms with Crippen LogP contribution in [0.4, 0.5) is 0 Å². The SMILES string of the molecule is CC(C)NC(=S)NC1(c2ccccc2)CCC1. The van der Waals surface area contributed by atoms with Gasteiger partial charge >= 0.3 is 0 Å². The van der Waals surface area contributed by atoms with Crippen molar-refractivity contribution in [3.63, 3.8) is 0 Å². The van der Waals surface area contributed by atoms with Crippen molar-refractivity contribution in [1.82, 2.24) is 10.6 Å². The fourth-order valence-corrected chi connectivity index (χ4v) is 2.72. The first-order valence-corrected chi connectivity index (χ1v) is 6.67. The smallest absolute Gasteiger partial charge is 0.167 e. The van der Waals surface area contributed by atoms with Crippen molar-refractivity contribution in [3.8, 4) is 0 Å². The molecule has 0 bridgehead atoms. The summed E-state index contributed by atoms with van der Waals surface area (Å²) in [5.74, 6) is 0. The number of hydrogen-bond acceptors (Lipinski definition) is 1. The normalized spacial score (nSPS) is 17.4. The van der Waals surface area contributed by atoms with Gasteiger partial charge in [-0.3, -0.25) is 0 Å². The molecule has 2 N–H and O–H groups in total. The molecule has 0 aromatic heterocycles. The van der Waals surface area contributed by atoms with E-state index in [0.29, 0.717) is 6.04 Å². The summed E-state index contributed by atoms with van der Waals surface area (Å²) < 4.78 is 0. The highest BCUT2D eigenvalue weighted by molar-refractivity contribution is 7.80. The summed E-state index contributed by atoms with van der Waals surface area (Å²) in [5, 5.41) is 7.52. The van der Waals surface area contributed by atoms with E-state index in [9.17, 15) is 0 Å². The monoisotopic (exact) mass is 248 g/mol. The summed E-state index contributed by atoms with van der Waals surface area (Å²) in [6.07, 6.45) is 3.60. The third-order valence-electron chi connectivity index (χ3n) is 3.31. The van der Waals surface area contributed by atoms with E-state index < -0.39 is 0 Å². The third-order valence-corrected chi connectivity index (χ3v) is 3.53. The Morgan fingerprint density at radius 2 is 1.88 bits per heavy atom. The van der Waals surface area contributed by atoms with Gasteiger partial charge in [0.25, 0.3) is 0 Å². The highest BCUT2D eigenvalue weighted by atomic mass is 32.1. The summed E-state index contributed by atoms with van der Waals surface area (Å²) >= 11 is 5.36. The molecule has 0 amide bonds. The molecule has 1 fully saturated rings. The summed E-state index contributed by atoms with van der Waals surface area (Å²) in [6, 6.07) is 11.0. The average molecular weight is 248 g/mol. The van der Waals surface area contributed by atoms with Gasteiger partial charge in [0.2, 0.25) is 0 Å². The highest BCUT2D eigenvalue weighted by Crippen LogP contribution is 2.41. The van der Waals surface area contributed by atoms with Gasteiger partial charge in [-0.05, 0) is 50.9 Å². The van der Waals surface area contributed by atoms with E-state index in [1.807, 2.05) is 0 Å². The Balaban J connectivity index is 2.08. The molecule has 0 aliphatic heterocycles. The predicted molar refractivity (Wildman–Crippen MR) is 76.0 cm³/mol. The Labute approximate surface area is 109 Å². The van der Waals surface area contributed by atoms with Crippen molar-refractivity contribution < 1.29 is 0 Å². The third kappa shape index (κ3) is 2.78. The lowest BCUT2D eigenvalue weighted by Gasteiger charge is -2.44. The van der Waals surface area contributed by atoms with Crippen molar-refractivity contribution in [2.75, 3.05) is 0 Å². The van der Waals surface area contributed by atoms with Gasteiger partial charge in [0.1, 0.15) is 0 Å². The van der Waals surface area contributed by atoms with Crippen LogP contribution in [0.3, 0.4) is 0 Å². The lowest BCUT2D eigenvalue weighted by Crippen LogP contribution is -2.54.